The Morgan fingerprint density at radius 1 is 1.35 bits per heavy atom. The number of nitrogens with one attached hydrogen (secondary N) is 1. The van der Waals surface area contributed by atoms with Crippen LogP contribution in [0, 0.1) is 0 Å². The highest BCUT2D eigenvalue weighted by Gasteiger charge is 2.34. The maximum absolute atomic E-state index is 13.2. The van der Waals surface area contributed by atoms with Crippen molar-refractivity contribution in [1.29, 1.82) is 0 Å². The van der Waals surface area contributed by atoms with E-state index in [1.54, 1.807) is 0 Å². The number of aromatic nitrogens is 4. The Labute approximate surface area is 183 Å². The third-order valence-electron chi connectivity index (χ3n) is 4.99. The van der Waals surface area contributed by atoms with Gasteiger partial charge in [-0.3, -0.25) is 4.79 Å². The Kier molecular flexibility index (Phi) is 5.69. The summed E-state index contributed by atoms with van der Waals surface area (Å²) in [6.45, 7) is 1.40. The first-order chi connectivity index (χ1) is 14.6. The van der Waals surface area contributed by atoms with Gasteiger partial charge in [0, 0.05) is 24.7 Å². The largest absolute Gasteiger partial charge is 0.463 e. The second kappa shape index (κ2) is 8.15. The highest BCUT2D eigenvalue weighted by Crippen LogP contribution is 2.38. The van der Waals surface area contributed by atoms with Gasteiger partial charge in [-0.2, -0.15) is 17.7 Å². The van der Waals surface area contributed by atoms with Crippen molar-refractivity contribution in [1.82, 2.24) is 19.6 Å². The summed E-state index contributed by atoms with van der Waals surface area (Å²) in [5.41, 5.74) is 4.65. The molecule has 13 heteroatoms. The van der Waals surface area contributed by atoms with Gasteiger partial charge in [-0.05, 0) is 31.7 Å². The number of nitrogens with two attached hydrogens (primary N) is 1. The van der Waals surface area contributed by atoms with Gasteiger partial charge in [-0.25, -0.2) is 9.97 Å². The Morgan fingerprint density at radius 2 is 2.06 bits per heavy atom. The van der Waals surface area contributed by atoms with E-state index in [9.17, 15) is 18.0 Å². The molecule has 4 rings (SSSR count). The summed E-state index contributed by atoms with van der Waals surface area (Å²) in [5, 5.41) is 8.34. The SMILES string of the molecule is CC(=O)OC1CCC(Nc2nn3c(-c4cnc(N)c(C(F)(F)F)c4)c(Cl)nc3s2)CC1. The fourth-order valence-electron chi connectivity index (χ4n) is 3.59. The maximum Gasteiger partial charge on any atom is 0.419 e. The molecule has 0 bridgehead atoms. The lowest BCUT2D eigenvalue weighted by atomic mass is 9.93. The number of hydrogen-bond donors (Lipinski definition) is 2. The fourth-order valence-corrected chi connectivity index (χ4v) is 4.79. The van der Waals surface area contributed by atoms with Gasteiger partial charge >= 0.3 is 12.1 Å². The maximum atomic E-state index is 13.2. The molecule has 8 nitrogen and oxygen atoms in total. The lowest BCUT2D eigenvalue weighted by Gasteiger charge is -2.28. The number of ether oxygens (including phenoxy) is 1. The molecular weight excluding hydrogens is 457 g/mol. The number of alkyl halides is 3. The second-order valence-corrected chi connectivity index (χ2v) is 8.55. The molecule has 1 aliphatic rings. The van der Waals surface area contributed by atoms with Crippen molar-refractivity contribution in [3.05, 3.63) is 23.0 Å². The molecule has 3 heterocycles. The van der Waals surface area contributed by atoms with E-state index in [1.165, 1.54) is 29.0 Å². The van der Waals surface area contributed by atoms with Gasteiger partial charge in [0.1, 0.15) is 17.6 Å². The summed E-state index contributed by atoms with van der Waals surface area (Å²) < 4.78 is 46.3. The first kappa shape index (κ1) is 21.6. The molecule has 166 valence electrons. The van der Waals surface area contributed by atoms with E-state index in [4.69, 9.17) is 22.1 Å². The van der Waals surface area contributed by atoms with Crippen LogP contribution in [0.1, 0.15) is 38.2 Å². The predicted molar refractivity (Wildman–Crippen MR) is 110 cm³/mol. The molecule has 0 radical (unpaired) electrons. The summed E-state index contributed by atoms with van der Waals surface area (Å²) in [6.07, 6.45) is -0.432. The lowest BCUT2D eigenvalue weighted by molar-refractivity contribution is -0.147. The molecule has 0 amide bonds. The average Bonchev–Trinajstić information content (AvgIpc) is 3.18. The number of rotatable bonds is 4. The van der Waals surface area contributed by atoms with Crippen LogP contribution in [-0.4, -0.2) is 37.7 Å². The molecule has 0 aliphatic heterocycles. The minimum atomic E-state index is -4.65. The van der Waals surface area contributed by atoms with Crippen molar-refractivity contribution in [2.45, 2.75) is 50.9 Å². The molecule has 0 unspecified atom stereocenters. The van der Waals surface area contributed by atoms with E-state index < -0.39 is 17.6 Å². The third kappa shape index (κ3) is 4.54. The molecule has 1 fully saturated rings. The van der Waals surface area contributed by atoms with Crippen LogP contribution in [0.5, 0.6) is 0 Å². The number of pyridine rings is 1. The molecule has 3 N–H and O–H groups in total. The number of halogens is 4. The molecule has 1 aliphatic carbocycles. The quantitative estimate of drug-likeness (QED) is 0.540. The Balaban J connectivity index is 1.57. The van der Waals surface area contributed by atoms with E-state index in [0.29, 0.717) is 10.1 Å². The summed E-state index contributed by atoms with van der Waals surface area (Å²) >= 11 is 7.42. The van der Waals surface area contributed by atoms with Crippen LogP contribution in [0.25, 0.3) is 16.2 Å². The van der Waals surface area contributed by atoms with E-state index in [0.717, 1.165) is 31.7 Å². The Bertz CT molecular complexity index is 1120. The van der Waals surface area contributed by atoms with Gasteiger partial charge in [-0.15, -0.1) is 5.10 Å². The molecule has 0 atom stereocenters. The van der Waals surface area contributed by atoms with Gasteiger partial charge in [0.05, 0.1) is 5.56 Å². The number of carbonyl (C=O) groups excluding carboxylic acids is 1. The van der Waals surface area contributed by atoms with Crippen molar-refractivity contribution < 1.29 is 22.7 Å². The first-order valence-corrected chi connectivity index (χ1v) is 10.6. The summed E-state index contributed by atoms with van der Waals surface area (Å²) in [6, 6.07) is 1.03. The normalized spacial score (nSPS) is 19.5. The van der Waals surface area contributed by atoms with Crippen molar-refractivity contribution in [2.24, 2.45) is 0 Å². The minimum absolute atomic E-state index is 0.0203. The van der Waals surface area contributed by atoms with Crippen LogP contribution in [-0.2, 0) is 15.7 Å². The molecule has 1 saturated carbocycles. The van der Waals surface area contributed by atoms with Crippen LogP contribution in [0.3, 0.4) is 0 Å². The zero-order valence-corrected chi connectivity index (χ0v) is 17.8. The van der Waals surface area contributed by atoms with Gasteiger partial charge in [-0.1, -0.05) is 22.9 Å². The number of carbonyl (C=O) groups is 1. The van der Waals surface area contributed by atoms with Crippen LogP contribution in [0.4, 0.5) is 24.1 Å². The fraction of sp³-hybridized carbons (Fsp3) is 0.444. The van der Waals surface area contributed by atoms with Gasteiger partial charge in [0.15, 0.2) is 5.15 Å². The first-order valence-electron chi connectivity index (χ1n) is 9.43. The molecule has 0 saturated heterocycles. The molecule has 0 aromatic carbocycles. The highest BCUT2D eigenvalue weighted by molar-refractivity contribution is 7.20. The molecular formula is C18H18ClF3N6O2S. The van der Waals surface area contributed by atoms with E-state index in [-0.39, 0.29) is 34.5 Å². The van der Waals surface area contributed by atoms with Crippen LogP contribution >= 0.6 is 22.9 Å². The monoisotopic (exact) mass is 474 g/mol. The number of nitrogens with zero attached hydrogens (tertiary/aromatic N) is 4. The number of fused-ring (bicyclic) bond motifs is 1. The van der Waals surface area contributed by atoms with Crippen molar-refractivity contribution >= 4 is 44.8 Å². The molecule has 3 aromatic heterocycles. The summed E-state index contributed by atoms with van der Waals surface area (Å²) in [4.78, 5) is 19.4. The predicted octanol–water partition coefficient (Wildman–Crippen LogP) is 4.39. The molecule has 3 aromatic rings. The Morgan fingerprint density at radius 3 is 2.71 bits per heavy atom. The second-order valence-electron chi connectivity index (χ2n) is 7.23. The van der Waals surface area contributed by atoms with Crippen molar-refractivity contribution in [3.63, 3.8) is 0 Å². The topological polar surface area (TPSA) is 107 Å². The smallest absolute Gasteiger partial charge is 0.419 e. The van der Waals surface area contributed by atoms with Gasteiger partial charge in [0.25, 0.3) is 0 Å². The van der Waals surface area contributed by atoms with E-state index >= 15 is 0 Å². The summed E-state index contributed by atoms with van der Waals surface area (Å²) in [5.74, 6) is -0.897. The van der Waals surface area contributed by atoms with Crippen molar-refractivity contribution in [2.75, 3.05) is 11.1 Å². The number of anilines is 2. The van der Waals surface area contributed by atoms with Gasteiger partial charge in [0.2, 0.25) is 10.1 Å². The van der Waals surface area contributed by atoms with Crippen LogP contribution in [0.15, 0.2) is 12.3 Å². The number of esters is 1. The van der Waals surface area contributed by atoms with Crippen LogP contribution in [0.2, 0.25) is 5.15 Å². The van der Waals surface area contributed by atoms with Crippen molar-refractivity contribution in [3.8, 4) is 11.3 Å². The van der Waals surface area contributed by atoms with E-state index in [1.807, 2.05) is 0 Å². The minimum Gasteiger partial charge on any atom is -0.463 e. The van der Waals surface area contributed by atoms with E-state index in [2.05, 4.69) is 20.4 Å². The Hall–Kier alpha value is -2.60. The zero-order valence-electron chi connectivity index (χ0n) is 16.2. The average molecular weight is 475 g/mol. The standard InChI is InChI=1S/C18H18ClF3N6O2S/c1-8(29)30-11-4-2-10(3-5-11)25-16-27-28-13(14(19)26-17(28)31-16)9-6-12(18(20,21)22)15(23)24-7-9/h6-7,10-11H,2-5H2,1H3,(H2,23,24)(H,25,27). The lowest BCUT2D eigenvalue weighted by Crippen LogP contribution is -2.30. The third-order valence-corrected chi connectivity index (χ3v) is 6.10. The number of imidazole rings is 1. The number of nitrogen functional groups attached to an aromatic ring is 1. The molecule has 0 spiro atoms. The summed E-state index contributed by atoms with van der Waals surface area (Å²) in [7, 11) is 0. The van der Waals surface area contributed by atoms with Gasteiger partial charge < -0.3 is 15.8 Å². The molecule has 31 heavy (non-hydrogen) atoms. The number of hydrogen-bond acceptors (Lipinski definition) is 8. The highest BCUT2D eigenvalue weighted by atomic mass is 35.5. The van der Waals surface area contributed by atoms with Crippen LogP contribution < -0.4 is 11.1 Å². The zero-order chi connectivity index (χ0) is 22.3.